The number of aryl methyl sites for hydroxylation is 1. The molecule has 0 spiro atoms. The Bertz CT molecular complexity index is 399. The van der Waals surface area contributed by atoms with Crippen molar-refractivity contribution in [3.8, 4) is 0 Å². The van der Waals surface area contributed by atoms with E-state index in [1.807, 2.05) is 14.0 Å². The second-order valence-electron chi connectivity index (χ2n) is 4.65. The van der Waals surface area contributed by atoms with Gasteiger partial charge in [-0.15, -0.1) is 0 Å². The van der Waals surface area contributed by atoms with Crippen molar-refractivity contribution in [3.05, 3.63) is 11.4 Å². The van der Waals surface area contributed by atoms with E-state index in [-0.39, 0.29) is 5.91 Å². The lowest BCUT2D eigenvalue weighted by molar-refractivity contribution is 0.0944. The summed E-state index contributed by atoms with van der Waals surface area (Å²) < 4.78 is 0. The number of amides is 1. The van der Waals surface area contributed by atoms with Crippen molar-refractivity contribution in [2.45, 2.75) is 33.2 Å². The van der Waals surface area contributed by atoms with E-state index >= 15 is 0 Å². The van der Waals surface area contributed by atoms with Crippen molar-refractivity contribution in [1.82, 2.24) is 20.4 Å². The van der Waals surface area contributed by atoms with Gasteiger partial charge in [-0.2, -0.15) is 5.10 Å². The predicted molar refractivity (Wildman–Crippen MR) is 72.5 cm³/mol. The number of aromatic amines is 1. The average molecular weight is 253 g/mol. The number of aromatic nitrogens is 2. The van der Waals surface area contributed by atoms with Crippen LogP contribution in [0.1, 0.15) is 37.0 Å². The molecular formula is C12H23N5O. The molecule has 4 N–H and O–H groups in total. The molecule has 1 aromatic rings. The van der Waals surface area contributed by atoms with E-state index in [2.05, 4.69) is 34.3 Å². The molecule has 0 bridgehead atoms. The highest BCUT2D eigenvalue weighted by molar-refractivity contribution is 5.97. The van der Waals surface area contributed by atoms with Crippen molar-refractivity contribution < 1.29 is 4.79 Å². The maximum absolute atomic E-state index is 11.9. The number of rotatable bonds is 6. The van der Waals surface area contributed by atoms with E-state index in [0.717, 1.165) is 18.7 Å². The minimum Gasteiger partial charge on any atom is -0.395 e. The minimum absolute atomic E-state index is 0.222. The first kappa shape index (κ1) is 14.5. The van der Waals surface area contributed by atoms with E-state index in [0.29, 0.717) is 24.0 Å². The van der Waals surface area contributed by atoms with Gasteiger partial charge < -0.3 is 16.0 Å². The number of anilines is 1. The molecule has 0 aliphatic rings. The number of hydrogen-bond donors (Lipinski definition) is 3. The molecule has 1 heterocycles. The molecule has 0 aromatic carbocycles. The molecule has 1 aromatic heterocycles. The Hall–Kier alpha value is -1.56. The SMILES string of the molecule is CCc1[nH]nc(C(=O)NCCN(C)C(C)C)c1N. The molecule has 0 saturated carbocycles. The van der Waals surface area contributed by atoms with Crippen LogP contribution in [-0.2, 0) is 6.42 Å². The van der Waals surface area contributed by atoms with E-state index in [9.17, 15) is 4.79 Å². The lowest BCUT2D eigenvalue weighted by atomic mass is 10.2. The molecule has 1 rings (SSSR count). The number of nitrogens with two attached hydrogens (primary N) is 1. The van der Waals surface area contributed by atoms with E-state index in [1.54, 1.807) is 0 Å². The molecule has 6 heteroatoms. The molecule has 0 unspecified atom stereocenters. The molecule has 0 atom stereocenters. The van der Waals surface area contributed by atoms with Crippen molar-refractivity contribution >= 4 is 11.6 Å². The standard InChI is InChI=1S/C12H23N5O/c1-5-9-10(13)11(16-15-9)12(18)14-6-7-17(4)8(2)3/h8H,5-7,13H2,1-4H3,(H,14,18)(H,15,16). The molecule has 0 aliphatic carbocycles. The highest BCUT2D eigenvalue weighted by atomic mass is 16.1. The van der Waals surface area contributed by atoms with Crippen LogP contribution in [0, 0.1) is 0 Å². The van der Waals surface area contributed by atoms with Gasteiger partial charge in [0, 0.05) is 19.1 Å². The second kappa shape index (κ2) is 6.39. The second-order valence-corrected chi connectivity index (χ2v) is 4.65. The number of nitrogens with one attached hydrogen (secondary N) is 2. The maximum Gasteiger partial charge on any atom is 0.273 e. The fourth-order valence-corrected chi connectivity index (χ4v) is 1.52. The summed E-state index contributed by atoms with van der Waals surface area (Å²) in [5, 5.41) is 9.54. The molecule has 6 nitrogen and oxygen atoms in total. The van der Waals surface area contributed by atoms with Gasteiger partial charge in [0.25, 0.3) is 5.91 Å². The fourth-order valence-electron chi connectivity index (χ4n) is 1.52. The van der Waals surface area contributed by atoms with E-state index in [1.165, 1.54) is 0 Å². The van der Waals surface area contributed by atoms with Crippen LogP contribution < -0.4 is 11.1 Å². The molecule has 1 amide bonds. The Balaban J connectivity index is 2.48. The Morgan fingerprint density at radius 2 is 2.22 bits per heavy atom. The van der Waals surface area contributed by atoms with Crippen molar-refractivity contribution in [3.63, 3.8) is 0 Å². The van der Waals surface area contributed by atoms with Crippen LogP contribution in [0.5, 0.6) is 0 Å². The van der Waals surface area contributed by atoms with Gasteiger partial charge >= 0.3 is 0 Å². The van der Waals surface area contributed by atoms with E-state index < -0.39 is 0 Å². The monoisotopic (exact) mass is 253 g/mol. The Kier molecular flexibility index (Phi) is 5.15. The van der Waals surface area contributed by atoms with Crippen molar-refractivity contribution in [2.24, 2.45) is 0 Å². The first-order chi connectivity index (χ1) is 8.47. The summed E-state index contributed by atoms with van der Waals surface area (Å²) in [6, 6.07) is 0.462. The molecule has 0 saturated heterocycles. The third-order valence-electron chi connectivity index (χ3n) is 3.08. The summed E-state index contributed by atoms with van der Waals surface area (Å²) in [5.41, 5.74) is 7.38. The van der Waals surface area contributed by atoms with Crippen LogP contribution in [-0.4, -0.2) is 47.2 Å². The van der Waals surface area contributed by atoms with Crippen LogP contribution in [0.15, 0.2) is 0 Å². The topological polar surface area (TPSA) is 87.0 Å². The molecule has 0 aliphatic heterocycles. The van der Waals surface area contributed by atoms with Crippen molar-refractivity contribution in [1.29, 1.82) is 0 Å². The van der Waals surface area contributed by atoms with Gasteiger partial charge in [0.2, 0.25) is 0 Å². The minimum atomic E-state index is -0.222. The number of nitrogen functional groups attached to an aromatic ring is 1. The summed E-state index contributed by atoms with van der Waals surface area (Å²) >= 11 is 0. The number of carbonyl (C=O) groups is 1. The Labute approximate surface area is 108 Å². The summed E-state index contributed by atoms with van der Waals surface area (Å²) in [6.45, 7) is 7.57. The highest BCUT2D eigenvalue weighted by Crippen LogP contribution is 2.13. The quantitative estimate of drug-likeness (QED) is 0.693. The normalized spacial score (nSPS) is 11.2. The smallest absolute Gasteiger partial charge is 0.273 e. The largest absolute Gasteiger partial charge is 0.395 e. The molecule has 18 heavy (non-hydrogen) atoms. The predicted octanol–water partition coefficient (Wildman–Crippen LogP) is 0.624. The van der Waals surface area contributed by atoms with Gasteiger partial charge in [-0.05, 0) is 27.3 Å². The number of likely N-dealkylation sites (N-methyl/N-ethyl adjacent to an activating group) is 1. The summed E-state index contributed by atoms with van der Waals surface area (Å²) in [7, 11) is 2.02. The van der Waals surface area contributed by atoms with Gasteiger partial charge in [-0.25, -0.2) is 0 Å². The number of H-pyrrole nitrogens is 1. The van der Waals surface area contributed by atoms with Crippen LogP contribution >= 0.6 is 0 Å². The van der Waals surface area contributed by atoms with E-state index in [4.69, 9.17) is 5.73 Å². The zero-order chi connectivity index (χ0) is 13.7. The molecular weight excluding hydrogens is 230 g/mol. The molecule has 0 fully saturated rings. The maximum atomic E-state index is 11.9. The first-order valence-electron chi connectivity index (χ1n) is 6.28. The van der Waals surface area contributed by atoms with Gasteiger partial charge in [0.1, 0.15) is 0 Å². The lowest BCUT2D eigenvalue weighted by Gasteiger charge is -2.20. The number of carbonyl (C=O) groups excluding carboxylic acids is 1. The fraction of sp³-hybridized carbons (Fsp3) is 0.667. The van der Waals surface area contributed by atoms with Crippen molar-refractivity contribution in [2.75, 3.05) is 25.9 Å². The van der Waals surface area contributed by atoms with Crippen LogP contribution in [0.25, 0.3) is 0 Å². The molecule has 0 radical (unpaired) electrons. The van der Waals surface area contributed by atoms with Crippen LogP contribution in [0.2, 0.25) is 0 Å². The van der Waals surface area contributed by atoms with Crippen LogP contribution in [0.4, 0.5) is 5.69 Å². The van der Waals surface area contributed by atoms with Crippen LogP contribution in [0.3, 0.4) is 0 Å². The van der Waals surface area contributed by atoms with Gasteiger partial charge in [0.15, 0.2) is 5.69 Å². The lowest BCUT2D eigenvalue weighted by Crippen LogP contribution is -2.36. The Morgan fingerprint density at radius 3 is 2.72 bits per heavy atom. The zero-order valence-corrected chi connectivity index (χ0v) is 11.6. The zero-order valence-electron chi connectivity index (χ0n) is 11.6. The van der Waals surface area contributed by atoms with Gasteiger partial charge in [-0.3, -0.25) is 9.89 Å². The summed E-state index contributed by atoms with van der Waals surface area (Å²) in [6.07, 6.45) is 0.738. The molecule has 102 valence electrons. The third kappa shape index (κ3) is 3.46. The Morgan fingerprint density at radius 1 is 1.56 bits per heavy atom. The third-order valence-corrected chi connectivity index (χ3v) is 3.08. The number of nitrogens with zero attached hydrogens (tertiary/aromatic N) is 2. The highest BCUT2D eigenvalue weighted by Gasteiger charge is 2.16. The average Bonchev–Trinajstić information content (AvgIpc) is 2.69. The summed E-state index contributed by atoms with van der Waals surface area (Å²) in [4.78, 5) is 14.0. The van der Waals surface area contributed by atoms with Gasteiger partial charge in [-0.1, -0.05) is 6.92 Å². The van der Waals surface area contributed by atoms with Gasteiger partial charge in [0.05, 0.1) is 11.4 Å². The first-order valence-corrected chi connectivity index (χ1v) is 6.28. The summed E-state index contributed by atoms with van der Waals surface area (Å²) in [5.74, 6) is -0.222. The number of hydrogen-bond acceptors (Lipinski definition) is 4.